The van der Waals surface area contributed by atoms with Crippen LogP contribution in [0.15, 0.2) is 64.9 Å². The van der Waals surface area contributed by atoms with E-state index in [0.29, 0.717) is 11.8 Å². The van der Waals surface area contributed by atoms with Gasteiger partial charge in [0, 0.05) is 22.8 Å². The Morgan fingerprint density at radius 2 is 1.38 bits per heavy atom. The Kier molecular flexibility index (Phi) is 6.27. The van der Waals surface area contributed by atoms with E-state index in [1.54, 1.807) is 0 Å². The summed E-state index contributed by atoms with van der Waals surface area (Å²) in [5.74, 6) is 1.22. The molecule has 0 aliphatic heterocycles. The van der Waals surface area contributed by atoms with Gasteiger partial charge in [-0.1, -0.05) is 81.0 Å². The Balaban J connectivity index is 1.52. The summed E-state index contributed by atoms with van der Waals surface area (Å²) in [7, 11) is -1.90. The number of rotatable bonds is 4. The van der Waals surface area contributed by atoms with Crippen molar-refractivity contribution < 1.29 is 8.76 Å². The highest BCUT2D eigenvalue weighted by atomic mass is 31.1. The Morgan fingerprint density at radius 1 is 0.706 bits per heavy atom. The predicted molar refractivity (Wildman–Crippen MR) is 142 cm³/mol. The monoisotopic (exact) mass is 469 g/mol. The third-order valence-corrected chi connectivity index (χ3v) is 9.37. The molecule has 4 aromatic rings. The van der Waals surface area contributed by atoms with Gasteiger partial charge in [-0.15, -0.1) is 0 Å². The Labute approximate surface area is 203 Å². The van der Waals surface area contributed by atoms with E-state index in [0.717, 1.165) is 27.9 Å². The largest absolute Gasteiger partial charge is 0.597 e. The fraction of sp³-hybridized carbons (Fsp3) is 0.419. The molecule has 2 aliphatic carbocycles. The smallest absolute Gasteiger partial charge is 0.249 e. The molecule has 1 unspecified atom stereocenters. The molecule has 2 fully saturated rings. The topological polar surface area (TPSA) is 30.2 Å². The van der Waals surface area contributed by atoms with Crippen LogP contribution in [0.25, 0.3) is 21.5 Å². The van der Waals surface area contributed by atoms with E-state index in [9.17, 15) is 4.57 Å². The Morgan fingerprint density at radius 3 is 2.09 bits per heavy atom. The first-order valence-corrected chi connectivity index (χ1v) is 14.4. The van der Waals surface area contributed by atoms with Crippen molar-refractivity contribution in [1.82, 2.24) is 0 Å². The molecule has 2 aliphatic rings. The molecule has 0 N–H and O–H groups in total. The van der Waals surface area contributed by atoms with Crippen molar-refractivity contribution in [2.45, 2.75) is 82.5 Å². The van der Waals surface area contributed by atoms with Crippen molar-refractivity contribution in [3.63, 3.8) is 0 Å². The number of benzene rings is 3. The zero-order valence-electron chi connectivity index (χ0n) is 20.0. The van der Waals surface area contributed by atoms with E-state index in [1.165, 1.54) is 86.5 Å². The summed E-state index contributed by atoms with van der Waals surface area (Å²) in [6.07, 6.45) is 13.8. The van der Waals surface area contributed by atoms with Gasteiger partial charge in [-0.2, -0.15) is 0 Å². The average molecular weight is 470 g/mol. The average Bonchev–Trinajstić information content (AvgIpc) is 2.90. The van der Waals surface area contributed by atoms with Crippen LogP contribution in [-0.2, 0) is 11.0 Å². The standard InChI is InChI=1S/C31H34O2P/c32-34-30-21-25(23-12-6-2-7-13-23)16-17-28(30)29-20-26(24-14-8-3-9-15-24)19-27(31(29)33-34)18-22-10-4-1-5-11-22/h1,4-5,10-11,16-17,19-21,23-24H,2-3,6-9,12-15,18H2/q+1. The second-order valence-electron chi connectivity index (χ2n) is 10.5. The predicted octanol–water partition coefficient (Wildman–Crippen LogP) is 10.0. The van der Waals surface area contributed by atoms with Crippen molar-refractivity contribution in [2.24, 2.45) is 0 Å². The van der Waals surface area contributed by atoms with Gasteiger partial charge in [-0.3, -0.25) is 0 Å². The molecule has 174 valence electrons. The molecule has 1 aromatic heterocycles. The molecule has 0 amide bonds. The molecule has 1 heterocycles. The molecule has 3 aromatic carbocycles. The summed E-state index contributed by atoms with van der Waals surface area (Å²) in [5, 5.41) is 3.17. The van der Waals surface area contributed by atoms with Gasteiger partial charge in [0.25, 0.3) is 0 Å². The van der Waals surface area contributed by atoms with Crippen LogP contribution in [0, 0.1) is 0 Å². The second-order valence-corrected chi connectivity index (χ2v) is 11.7. The van der Waals surface area contributed by atoms with Gasteiger partial charge in [0.15, 0.2) is 5.58 Å². The molecule has 2 saturated carbocycles. The highest BCUT2D eigenvalue weighted by Crippen LogP contribution is 2.43. The van der Waals surface area contributed by atoms with Crippen LogP contribution in [0.5, 0.6) is 0 Å². The molecule has 6 rings (SSSR count). The summed E-state index contributed by atoms with van der Waals surface area (Å²) in [6, 6.07) is 22.1. The van der Waals surface area contributed by atoms with Crippen LogP contribution >= 0.6 is 7.65 Å². The summed E-state index contributed by atoms with van der Waals surface area (Å²) < 4.78 is 19.7. The molecule has 0 bridgehead atoms. The van der Waals surface area contributed by atoms with Crippen molar-refractivity contribution >= 4 is 29.1 Å². The first-order valence-electron chi connectivity index (χ1n) is 13.3. The molecule has 0 spiro atoms. The Bertz CT molecular complexity index is 1360. The quantitative estimate of drug-likeness (QED) is 0.278. The first-order chi connectivity index (χ1) is 16.8. The van der Waals surface area contributed by atoms with E-state index in [4.69, 9.17) is 4.20 Å². The summed E-state index contributed by atoms with van der Waals surface area (Å²) >= 11 is 0. The van der Waals surface area contributed by atoms with Crippen LogP contribution < -0.4 is 0 Å². The van der Waals surface area contributed by atoms with Gasteiger partial charge in [0.1, 0.15) is 0 Å². The summed E-state index contributed by atoms with van der Waals surface area (Å²) in [5.41, 5.74) is 6.06. The van der Waals surface area contributed by atoms with Crippen LogP contribution in [-0.4, -0.2) is 0 Å². The van der Waals surface area contributed by atoms with E-state index in [2.05, 4.69) is 60.7 Å². The highest BCUT2D eigenvalue weighted by Gasteiger charge is 2.25. The van der Waals surface area contributed by atoms with Gasteiger partial charge < -0.3 is 0 Å². The van der Waals surface area contributed by atoms with E-state index in [-0.39, 0.29) is 0 Å². The molecule has 3 heteroatoms. The van der Waals surface area contributed by atoms with Crippen LogP contribution in [0.4, 0.5) is 0 Å². The molecular weight excluding hydrogens is 435 g/mol. The number of hydrogen-bond donors (Lipinski definition) is 0. The normalized spacial score (nSPS) is 18.5. The zero-order chi connectivity index (χ0) is 22.9. The lowest BCUT2D eigenvalue weighted by molar-refractivity contribution is 0.443. The Hall–Kier alpha value is -2.44. The SMILES string of the molecule is O=[p+]1oc2c(Cc3ccccc3)cc(C3CCCCC3)cc2c2ccc(C3CCCCC3)cc21. The van der Waals surface area contributed by atoms with Crippen LogP contribution in [0.3, 0.4) is 0 Å². The van der Waals surface area contributed by atoms with Crippen molar-refractivity contribution in [3.8, 4) is 0 Å². The van der Waals surface area contributed by atoms with Crippen LogP contribution in [0.2, 0.25) is 0 Å². The molecule has 34 heavy (non-hydrogen) atoms. The molecule has 0 radical (unpaired) electrons. The van der Waals surface area contributed by atoms with E-state index >= 15 is 0 Å². The zero-order valence-corrected chi connectivity index (χ0v) is 20.9. The van der Waals surface area contributed by atoms with E-state index in [1.807, 2.05) is 0 Å². The molecule has 2 nitrogen and oxygen atoms in total. The number of hydrogen-bond acceptors (Lipinski definition) is 2. The highest BCUT2D eigenvalue weighted by molar-refractivity contribution is 7.37. The fourth-order valence-electron chi connectivity index (χ4n) is 6.39. The van der Waals surface area contributed by atoms with Gasteiger partial charge in [0.2, 0.25) is 5.12 Å². The van der Waals surface area contributed by atoms with Crippen molar-refractivity contribution in [3.05, 3.63) is 82.9 Å². The first kappa shape index (κ1) is 22.1. The maximum absolute atomic E-state index is 13.4. The maximum Gasteiger partial charge on any atom is 0.597 e. The number of fused-ring (bicyclic) bond motifs is 3. The second kappa shape index (κ2) is 9.67. The molecular formula is C31H34O2P+. The van der Waals surface area contributed by atoms with E-state index < -0.39 is 7.65 Å². The minimum Gasteiger partial charge on any atom is -0.249 e. The summed E-state index contributed by atoms with van der Waals surface area (Å²) in [6.45, 7) is 0. The van der Waals surface area contributed by atoms with Gasteiger partial charge >= 0.3 is 7.65 Å². The van der Waals surface area contributed by atoms with Crippen molar-refractivity contribution in [1.29, 1.82) is 0 Å². The summed E-state index contributed by atoms with van der Waals surface area (Å²) in [4.78, 5) is 0. The van der Waals surface area contributed by atoms with Gasteiger partial charge in [-0.05, 0) is 77.0 Å². The minimum absolute atomic E-state index is 0.603. The fourth-order valence-corrected chi connectivity index (χ4v) is 7.52. The lowest BCUT2D eigenvalue weighted by atomic mass is 9.82. The van der Waals surface area contributed by atoms with Gasteiger partial charge in [0.05, 0.1) is 0 Å². The lowest BCUT2D eigenvalue weighted by Crippen LogP contribution is -2.06. The third kappa shape index (κ3) is 4.34. The van der Waals surface area contributed by atoms with Crippen LogP contribution in [0.1, 0.15) is 98.3 Å². The maximum atomic E-state index is 13.4. The van der Waals surface area contributed by atoms with Crippen molar-refractivity contribution in [2.75, 3.05) is 0 Å². The third-order valence-electron chi connectivity index (χ3n) is 8.26. The molecule has 0 saturated heterocycles. The minimum atomic E-state index is -1.90. The lowest BCUT2D eigenvalue weighted by Gasteiger charge is -2.23. The van der Waals surface area contributed by atoms with Gasteiger partial charge in [-0.25, -0.2) is 4.20 Å². The molecule has 1 atom stereocenters.